The number of halogens is 1. The number of hydrogen-bond donors (Lipinski definition) is 1. The molecule has 2 aromatic rings. The minimum absolute atomic E-state index is 0.630. The first-order valence-electron chi connectivity index (χ1n) is 6.01. The van der Waals surface area contributed by atoms with E-state index in [9.17, 15) is 0 Å². The van der Waals surface area contributed by atoms with E-state index < -0.39 is 0 Å². The van der Waals surface area contributed by atoms with Gasteiger partial charge >= 0.3 is 0 Å². The molecule has 1 aromatic carbocycles. The molecule has 0 spiro atoms. The fraction of sp³-hybridized carbons (Fsp3) is 0.286. The Kier molecular flexibility index (Phi) is 5.10. The number of ether oxygens (including phenoxy) is 2. The summed E-state index contributed by atoms with van der Waals surface area (Å²) in [5, 5.41) is 5.45. The molecule has 1 aromatic heterocycles. The van der Waals surface area contributed by atoms with Gasteiger partial charge in [0.05, 0.1) is 20.3 Å². The van der Waals surface area contributed by atoms with Gasteiger partial charge in [-0.1, -0.05) is 0 Å². The lowest BCUT2D eigenvalue weighted by Crippen LogP contribution is -2.00. The zero-order valence-electron chi connectivity index (χ0n) is 10.9. The molecule has 0 fully saturated rings. The maximum Gasteiger partial charge on any atom is 0.162 e. The summed E-state index contributed by atoms with van der Waals surface area (Å²) in [4.78, 5) is 1.27. The van der Waals surface area contributed by atoms with Crippen LogP contribution < -0.4 is 14.8 Å². The molecule has 102 valence electrons. The second-order valence-corrected chi connectivity index (χ2v) is 5.70. The van der Waals surface area contributed by atoms with Crippen LogP contribution in [0.15, 0.2) is 34.1 Å². The number of methoxy groups -OCH3 is 1. The third kappa shape index (κ3) is 3.64. The number of anilines is 1. The summed E-state index contributed by atoms with van der Waals surface area (Å²) in [5.74, 6) is 1.52. The van der Waals surface area contributed by atoms with Crippen LogP contribution in [0.1, 0.15) is 11.8 Å². The summed E-state index contributed by atoms with van der Waals surface area (Å²) in [6, 6.07) is 7.93. The molecule has 0 unspecified atom stereocenters. The Bertz CT molecular complexity index is 542. The van der Waals surface area contributed by atoms with Gasteiger partial charge in [-0.05, 0) is 46.4 Å². The van der Waals surface area contributed by atoms with E-state index >= 15 is 0 Å². The zero-order valence-corrected chi connectivity index (χ0v) is 13.3. The van der Waals surface area contributed by atoms with Gasteiger partial charge < -0.3 is 14.8 Å². The van der Waals surface area contributed by atoms with Crippen molar-refractivity contribution in [1.82, 2.24) is 0 Å². The molecule has 3 nitrogen and oxygen atoms in total. The predicted molar refractivity (Wildman–Crippen MR) is 83.5 cm³/mol. The Labute approximate surface area is 125 Å². The maximum absolute atomic E-state index is 5.49. The van der Waals surface area contributed by atoms with Gasteiger partial charge in [0.1, 0.15) is 0 Å². The van der Waals surface area contributed by atoms with Crippen molar-refractivity contribution in [2.24, 2.45) is 0 Å². The van der Waals surface area contributed by atoms with Crippen LogP contribution in [-0.2, 0) is 6.54 Å². The van der Waals surface area contributed by atoms with Crippen LogP contribution >= 0.6 is 27.3 Å². The van der Waals surface area contributed by atoms with Crippen LogP contribution in [0.3, 0.4) is 0 Å². The number of nitrogens with one attached hydrogen (secondary N) is 1. The Morgan fingerprint density at radius 3 is 2.74 bits per heavy atom. The van der Waals surface area contributed by atoms with Crippen LogP contribution in [0, 0.1) is 0 Å². The van der Waals surface area contributed by atoms with Gasteiger partial charge in [-0.15, -0.1) is 11.3 Å². The van der Waals surface area contributed by atoms with E-state index in [0.29, 0.717) is 6.61 Å². The van der Waals surface area contributed by atoms with Crippen molar-refractivity contribution in [2.75, 3.05) is 19.0 Å². The summed E-state index contributed by atoms with van der Waals surface area (Å²) < 4.78 is 12.0. The van der Waals surface area contributed by atoms with E-state index in [0.717, 1.165) is 28.2 Å². The van der Waals surface area contributed by atoms with Crippen LogP contribution in [0.5, 0.6) is 11.5 Å². The third-order valence-electron chi connectivity index (χ3n) is 2.61. The highest BCUT2D eigenvalue weighted by molar-refractivity contribution is 9.10. The molecular weight excluding hydrogens is 326 g/mol. The summed E-state index contributed by atoms with van der Waals surface area (Å²) in [6.07, 6.45) is 0. The molecule has 1 heterocycles. The van der Waals surface area contributed by atoms with Crippen molar-refractivity contribution in [3.63, 3.8) is 0 Å². The van der Waals surface area contributed by atoms with Crippen molar-refractivity contribution in [3.05, 3.63) is 39.0 Å². The van der Waals surface area contributed by atoms with Gasteiger partial charge in [-0.25, -0.2) is 0 Å². The van der Waals surface area contributed by atoms with E-state index in [-0.39, 0.29) is 0 Å². The molecule has 2 rings (SSSR count). The van der Waals surface area contributed by atoms with Gasteiger partial charge in [0.25, 0.3) is 0 Å². The minimum atomic E-state index is 0.630. The minimum Gasteiger partial charge on any atom is -0.493 e. The SMILES string of the molecule is CCOc1ccc(NCc2sccc2Br)cc1OC. The Morgan fingerprint density at radius 1 is 1.26 bits per heavy atom. The Hall–Kier alpha value is -1.20. The van der Waals surface area contributed by atoms with E-state index in [1.807, 2.05) is 25.1 Å². The smallest absolute Gasteiger partial charge is 0.162 e. The summed E-state index contributed by atoms with van der Waals surface area (Å²) >= 11 is 5.25. The second kappa shape index (κ2) is 6.82. The predicted octanol–water partition coefficient (Wildman–Crippen LogP) is 4.53. The monoisotopic (exact) mass is 341 g/mol. The van der Waals surface area contributed by atoms with E-state index in [1.54, 1.807) is 18.4 Å². The third-order valence-corrected chi connectivity index (χ3v) is 4.53. The molecule has 0 aliphatic carbocycles. The van der Waals surface area contributed by atoms with Crippen molar-refractivity contribution < 1.29 is 9.47 Å². The zero-order chi connectivity index (χ0) is 13.7. The summed E-state index contributed by atoms with van der Waals surface area (Å²) in [6.45, 7) is 3.38. The average Bonchev–Trinajstić information content (AvgIpc) is 2.83. The van der Waals surface area contributed by atoms with Crippen LogP contribution in [0.25, 0.3) is 0 Å². The van der Waals surface area contributed by atoms with E-state index in [4.69, 9.17) is 9.47 Å². The quantitative estimate of drug-likeness (QED) is 0.837. The van der Waals surface area contributed by atoms with Crippen LogP contribution in [0.2, 0.25) is 0 Å². The van der Waals surface area contributed by atoms with Gasteiger partial charge in [0, 0.05) is 21.1 Å². The molecular formula is C14H16BrNO2S. The first-order chi connectivity index (χ1) is 9.24. The molecule has 0 radical (unpaired) electrons. The van der Waals surface area contributed by atoms with Crippen LogP contribution in [-0.4, -0.2) is 13.7 Å². The second-order valence-electron chi connectivity index (χ2n) is 3.84. The van der Waals surface area contributed by atoms with Gasteiger partial charge in [0.15, 0.2) is 11.5 Å². The molecule has 0 aliphatic rings. The topological polar surface area (TPSA) is 30.5 Å². The molecule has 0 aliphatic heterocycles. The summed E-state index contributed by atoms with van der Waals surface area (Å²) in [7, 11) is 1.65. The largest absolute Gasteiger partial charge is 0.493 e. The molecule has 0 saturated carbocycles. The Balaban J connectivity index is 2.07. The molecule has 19 heavy (non-hydrogen) atoms. The molecule has 0 saturated heterocycles. The molecule has 0 atom stereocenters. The average molecular weight is 342 g/mol. The number of benzene rings is 1. The first-order valence-corrected chi connectivity index (χ1v) is 7.68. The van der Waals surface area contributed by atoms with Gasteiger partial charge in [-0.2, -0.15) is 0 Å². The maximum atomic E-state index is 5.49. The Morgan fingerprint density at radius 2 is 2.11 bits per heavy atom. The van der Waals surface area contributed by atoms with Crippen LogP contribution in [0.4, 0.5) is 5.69 Å². The van der Waals surface area contributed by atoms with Gasteiger partial charge in [-0.3, -0.25) is 0 Å². The van der Waals surface area contributed by atoms with Crippen molar-refractivity contribution >= 4 is 33.0 Å². The highest BCUT2D eigenvalue weighted by atomic mass is 79.9. The normalized spacial score (nSPS) is 10.3. The lowest BCUT2D eigenvalue weighted by Gasteiger charge is -2.12. The van der Waals surface area contributed by atoms with E-state index in [2.05, 4.69) is 32.7 Å². The number of hydrogen-bond acceptors (Lipinski definition) is 4. The fourth-order valence-corrected chi connectivity index (χ4v) is 3.12. The number of rotatable bonds is 6. The molecule has 0 amide bonds. The number of thiophene rings is 1. The van der Waals surface area contributed by atoms with Gasteiger partial charge in [0.2, 0.25) is 0 Å². The molecule has 1 N–H and O–H groups in total. The first kappa shape index (κ1) is 14.2. The molecule has 0 bridgehead atoms. The van der Waals surface area contributed by atoms with Crippen molar-refractivity contribution in [1.29, 1.82) is 0 Å². The standard InChI is InChI=1S/C14H16BrNO2S/c1-3-18-12-5-4-10(8-13(12)17-2)16-9-14-11(15)6-7-19-14/h4-8,16H,3,9H2,1-2H3. The van der Waals surface area contributed by atoms with E-state index in [1.165, 1.54) is 4.88 Å². The highest BCUT2D eigenvalue weighted by Crippen LogP contribution is 2.31. The lowest BCUT2D eigenvalue weighted by atomic mass is 10.2. The summed E-state index contributed by atoms with van der Waals surface area (Å²) in [5.41, 5.74) is 1.01. The lowest BCUT2D eigenvalue weighted by molar-refractivity contribution is 0.311. The highest BCUT2D eigenvalue weighted by Gasteiger charge is 2.06. The van der Waals surface area contributed by atoms with Crippen molar-refractivity contribution in [3.8, 4) is 11.5 Å². The van der Waals surface area contributed by atoms with Crippen molar-refractivity contribution in [2.45, 2.75) is 13.5 Å². The molecule has 5 heteroatoms. The fourth-order valence-electron chi connectivity index (χ4n) is 1.69.